The molecule has 1 aromatic rings. The molecule has 1 aliphatic heterocycles. The van der Waals surface area contributed by atoms with Gasteiger partial charge in [-0.2, -0.15) is 4.72 Å². The fraction of sp³-hybridized carbons (Fsp3) is 0.533. The van der Waals surface area contributed by atoms with E-state index in [0.717, 1.165) is 19.3 Å². The number of nitrogens with one attached hydrogen (secondary N) is 2. The molecule has 7 heteroatoms. The summed E-state index contributed by atoms with van der Waals surface area (Å²) >= 11 is 0. The van der Waals surface area contributed by atoms with Crippen molar-refractivity contribution in [2.24, 2.45) is 0 Å². The molecule has 1 fully saturated rings. The van der Waals surface area contributed by atoms with Crippen LogP contribution in [0.4, 0.5) is 0 Å². The van der Waals surface area contributed by atoms with E-state index in [0.29, 0.717) is 25.3 Å². The summed E-state index contributed by atoms with van der Waals surface area (Å²) in [5, 5.41) is 2.72. The van der Waals surface area contributed by atoms with E-state index in [2.05, 4.69) is 10.0 Å². The Kier molecular flexibility index (Phi) is 5.79. The number of benzene rings is 1. The Balaban J connectivity index is 2.07. The maximum Gasteiger partial charge on any atom is 0.241 e. The van der Waals surface area contributed by atoms with E-state index in [4.69, 9.17) is 4.74 Å². The molecule has 2 N–H and O–H groups in total. The van der Waals surface area contributed by atoms with Crippen molar-refractivity contribution >= 4 is 15.9 Å². The highest BCUT2D eigenvalue weighted by Crippen LogP contribution is 2.17. The first kappa shape index (κ1) is 16.8. The molecule has 0 aromatic heterocycles. The highest BCUT2D eigenvalue weighted by molar-refractivity contribution is 7.89. The van der Waals surface area contributed by atoms with Gasteiger partial charge in [-0.05, 0) is 49.9 Å². The van der Waals surface area contributed by atoms with Crippen LogP contribution in [0.15, 0.2) is 29.2 Å². The van der Waals surface area contributed by atoms with E-state index in [-0.39, 0.29) is 10.8 Å². The first-order chi connectivity index (χ1) is 10.5. The van der Waals surface area contributed by atoms with Crippen LogP contribution in [-0.4, -0.2) is 33.5 Å². The molecule has 0 radical (unpaired) electrons. The van der Waals surface area contributed by atoms with Gasteiger partial charge >= 0.3 is 0 Å². The van der Waals surface area contributed by atoms with Crippen molar-refractivity contribution in [3.8, 4) is 5.75 Å². The zero-order valence-electron chi connectivity index (χ0n) is 12.7. The Bertz CT molecular complexity index is 598. The quantitative estimate of drug-likeness (QED) is 0.828. The van der Waals surface area contributed by atoms with Gasteiger partial charge in [-0.15, -0.1) is 0 Å². The average Bonchev–Trinajstić information content (AvgIpc) is 2.70. The van der Waals surface area contributed by atoms with Crippen LogP contribution in [0.1, 0.15) is 32.6 Å². The van der Waals surface area contributed by atoms with Gasteiger partial charge < -0.3 is 10.1 Å². The fourth-order valence-corrected chi connectivity index (χ4v) is 3.47. The second kappa shape index (κ2) is 7.60. The van der Waals surface area contributed by atoms with E-state index >= 15 is 0 Å². The predicted octanol–water partition coefficient (Wildman–Crippen LogP) is 1.42. The molecule has 1 amide bonds. The van der Waals surface area contributed by atoms with Gasteiger partial charge in [0.15, 0.2) is 0 Å². The van der Waals surface area contributed by atoms with Gasteiger partial charge in [-0.25, -0.2) is 8.42 Å². The molecular weight excluding hydrogens is 304 g/mol. The molecule has 0 unspecified atom stereocenters. The molecule has 1 saturated heterocycles. The van der Waals surface area contributed by atoms with Crippen LogP contribution < -0.4 is 14.8 Å². The number of rotatable bonds is 6. The van der Waals surface area contributed by atoms with Crippen LogP contribution in [0.25, 0.3) is 0 Å². The van der Waals surface area contributed by atoms with E-state index in [9.17, 15) is 13.2 Å². The Labute approximate surface area is 131 Å². The highest BCUT2D eigenvalue weighted by Gasteiger charge is 2.26. The number of carbonyl (C=O) groups is 1. The monoisotopic (exact) mass is 326 g/mol. The van der Waals surface area contributed by atoms with Gasteiger partial charge in [0.25, 0.3) is 0 Å². The maximum absolute atomic E-state index is 12.4. The number of sulfonamides is 1. The van der Waals surface area contributed by atoms with Gasteiger partial charge in [-0.1, -0.05) is 6.92 Å². The van der Waals surface area contributed by atoms with Crippen molar-refractivity contribution in [2.75, 3.05) is 13.2 Å². The molecule has 1 heterocycles. The first-order valence-electron chi connectivity index (χ1n) is 7.56. The van der Waals surface area contributed by atoms with Crippen LogP contribution >= 0.6 is 0 Å². The fourth-order valence-electron chi connectivity index (χ4n) is 2.24. The van der Waals surface area contributed by atoms with E-state index in [1.54, 1.807) is 12.1 Å². The summed E-state index contributed by atoms with van der Waals surface area (Å²) < 4.78 is 32.6. The Morgan fingerprint density at radius 2 is 2.00 bits per heavy atom. The molecule has 2 rings (SSSR count). The molecule has 0 saturated carbocycles. The highest BCUT2D eigenvalue weighted by atomic mass is 32.2. The minimum Gasteiger partial charge on any atom is -0.494 e. The predicted molar refractivity (Wildman–Crippen MR) is 83.2 cm³/mol. The van der Waals surface area contributed by atoms with Gasteiger partial charge in [0.05, 0.1) is 11.5 Å². The second-order valence-electron chi connectivity index (χ2n) is 5.28. The molecule has 1 aromatic carbocycles. The summed E-state index contributed by atoms with van der Waals surface area (Å²) in [6, 6.07) is 5.52. The molecule has 6 nitrogen and oxygen atoms in total. The average molecular weight is 326 g/mol. The van der Waals surface area contributed by atoms with Crippen molar-refractivity contribution in [2.45, 2.75) is 43.5 Å². The summed E-state index contributed by atoms with van der Waals surface area (Å²) in [4.78, 5) is 12.0. The minimum atomic E-state index is -3.71. The summed E-state index contributed by atoms with van der Waals surface area (Å²) in [5.41, 5.74) is 0. The molecule has 0 bridgehead atoms. The van der Waals surface area contributed by atoms with Crippen molar-refractivity contribution in [3.05, 3.63) is 24.3 Å². The number of ether oxygens (including phenoxy) is 1. The number of amides is 1. The smallest absolute Gasteiger partial charge is 0.241 e. The lowest BCUT2D eigenvalue weighted by Crippen LogP contribution is -2.45. The van der Waals surface area contributed by atoms with Crippen LogP contribution in [0, 0.1) is 0 Å². The lowest BCUT2D eigenvalue weighted by molar-refractivity contribution is -0.122. The number of hydrogen-bond acceptors (Lipinski definition) is 4. The van der Waals surface area contributed by atoms with Gasteiger partial charge in [0.2, 0.25) is 15.9 Å². The summed E-state index contributed by atoms with van der Waals surface area (Å²) in [5.74, 6) is 0.372. The topological polar surface area (TPSA) is 84.5 Å². The summed E-state index contributed by atoms with van der Waals surface area (Å²) in [6.45, 7) is 3.19. The normalized spacial score (nSPS) is 19.3. The van der Waals surface area contributed by atoms with Crippen molar-refractivity contribution in [3.63, 3.8) is 0 Å². The van der Waals surface area contributed by atoms with Gasteiger partial charge in [0, 0.05) is 6.54 Å². The summed E-state index contributed by atoms with van der Waals surface area (Å²) in [6.07, 6.45) is 3.09. The molecule has 122 valence electrons. The zero-order valence-corrected chi connectivity index (χ0v) is 13.5. The maximum atomic E-state index is 12.4. The van der Waals surface area contributed by atoms with Crippen LogP contribution in [0.2, 0.25) is 0 Å². The number of hydrogen-bond donors (Lipinski definition) is 2. The molecular formula is C15H22N2O4S. The molecule has 0 spiro atoms. The van der Waals surface area contributed by atoms with Crippen molar-refractivity contribution < 1.29 is 17.9 Å². The molecule has 0 aliphatic carbocycles. The Morgan fingerprint density at radius 1 is 1.27 bits per heavy atom. The van der Waals surface area contributed by atoms with Gasteiger partial charge in [0.1, 0.15) is 11.8 Å². The summed E-state index contributed by atoms with van der Waals surface area (Å²) in [7, 11) is -3.71. The lowest BCUT2D eigenvalue weighted by atomic mass is 10.1. The van der Waals surface area contributed by atoms with Gasteiger partial charge in [-0.3, -0.25) is 4.79 Å². The van der Waals surface area contributed by atoms with Crippen molar-refractivity contribution in [1.82, 2.24) is 10.0 Å². The SMILES string of the molecule is CCCOc1ccc(S(=O)(=O)N[C@@H]2CCCCNC2=O)cc1. The van der Waals surface area contributed by atoms with Crippen LogP contribution in [-0.2, 0) is 14.8 Å². The number of carbonyl (C=O) groups excluding carboxylic acids is 1. The Hall–Kier alpha value is -1.60. The zero-order chi connectivity index (χ0) is 16.0. The van der Waals surface area contributed by atoms with E-state index < -0.39 is 16.1 Å². The second-order valence-corrected chi connectivity index (χ2v) is 6.99. The van der Waals surface area contributed by atoms with E-state index in [1.807, 2.05) is 6.92 Å². The third-order valence-corrected chi connectivity index (χ3v) is 4.93. The third kappa shape index (κ3) is 4.45. The van der Waals surface area contributed by atoms with Crippen molar-refractivity contribution in [1.29, 1.82) is 0 Å². The molecule has 22 heavy (non-hydrogen) atoms. The first-order valence-corrected chi connectivity index (χ1v) is 9.04. The van der Waals surface area contributed by atoms with Crippen LogP contribution in [0.5, 0.6) is 5.75 Å². The van der Waals surface area contributed by atoms with E-state index in [1.165, 1.54) is 12.1 Å². The van der Waals surface area contributed by atoms with Crippen LogP contribution in [0.3, 0.4) is 0 Å². The molecule has 1 aliphatic rings. The lowest BCUT2D eigenvalue weighted by Gasteiger charge is -2.15. The Morgan fingerprint density at radius 3 is 2.68 bits per heavy atom. The molecule has 1 atom stereocenters. The minimum absolute atomic E-state index is 0.133. The third-order valence-electron chi connectivity index (χ3n) is 3.44. The largest absolute Gasteiger partial charge is 0.494 e. The standard InChI is InChI=1S/C15H22N2O4S/c1-2-11-21-12-6-8-13(9-7-12)22(19,20)17-14-5-3-4-10-16-15(14)18/h6-9,14,17H,2-5,10-11H2,1H3,(H,16,18)/t14-/m1/s1.